The zero-order chi connectivity index (χ0) is 11.3. The zero-order valence-corrected chi connectivity index (χ0v) is 11.0. The molecule has 0 bridgehead atoms. The molecular formula is C14H17Br. The van der Waals surface area contributed by atoms with E-state index in [0.717, 1.165) is 17.3 Å². The van der Waals surface area contributed by atoms with E-state index in [4.69, 9.17) is 6.42 Å². The molecule has 0 saturated heterocycles. The van der Waals surface area contributed by atoms with Crippen molar-refractivity contribution in [2.45, 2.75) is 39.0 Å². The highest BCUT2D eigenvalue weighted by atomic mass is 79.9. The first-order chi connectivity index (χ1) is 7.19. The van der Waals surface area contributed by atoms with Crippen molar-refractivity contribution in [1.82, 2.24) is 0 Å². The Balaban J connectivity index is 2.98. The molecule has 0 aliphatic heterocycles. The van der Waals surface area contributed by atoms with Crippen LogP contribution in [0.3, 0.4) is 0 Å². The normalized spacial score (nSPS) is 12.1. The fourth-order valence-electron chi connectivity index (χ4n) is 1.70. The Morgan fingerprint density at radius 1 is 1.47 bits per heavy atom. The van der Waals surface area contributed by atoms with E-state index in [2.05, 4.69) is 53.9 Å². The van der Waals surface area contributed by atoms with Gasteiger partial charge in [-0.3, -0.25) is 0 Å². The first-order valence-corrected chi connectivity index (χ1v) is 6.20. The smallest absolute Gasteiger partial charge is 0.0178 e. The van der Waals surface area contributed by atoms with Crippen LogP contribution in [0.25, 0.3) is 0 Å². The summed E-state index contributed by atoms with van der Waals surface area (Å²) in [6, 6.07) is 6.52. The largest absolute Gasteiger partial charge is 0.120 e. The zero-order valence-electron chi connectivity index (χ0n) is 9.39. The predicted octanol–water partition coefficient (Wildman–Crippen LogP) is 4.53. The van der Waals surface area contributed by atoms with E-state index < -0.39 is 0 Å². The molecular weight excluding hydrogens is 248 g/mol. The number of benzene rings is 1. The van der Waals surface area contributed by atoms with Gasteiger partial charge >= 0.3 is 0 Å². The number of hydrogen-bond acceptors (Lipinski definition) is 0. The topological polar surface area (TPSA) is 0 Å². The maximum absolute atomic E-state index is 5.31. The van der Waals surface area contributed by atoms with Gasteiger partial charge in [-0.2, -0.15) is 0 Å². The molecule has 0 nitrogen and oxygen atoms in total. The highest BCUT2D eigenvalue weighted by Crippen LogP contribution is 2.26. The van der Waals surface area contributed by atoms with E-state index in [9.17, 15) is 0 Å². The van der Waals surface area contributed by atoms with E-state index in [1.165, 1.54) is 17.5 Å². The average Bonchev–Trinajstić information content (AvgIpc) is 2.25. The Morgan fingerprint density at radius 2 is 2.20 bits per heavy atom. The average molecular weight is 265 g/mol. The number of terminal acetylenes is 1. The van der Waals surface area contributed by atoms with Crippen molar-refractivity contribution in [3.05, 3.63) is 33.8 Å². The summed E-state index contributed by atoms with van der Waals surface area (Å²) in [5.74, 6) is 3.32. The lowest BCUT2D eigenvalue weighted by atomic mass is 9.92. The van der Waals surface area contributed by atoms with Gasteiger partial charge in [-0.05, 0) is 42.0 Å². The fourth-order valence-corrected chi connectivity index (χ4v) is 2.11. The molecule has 0 aliphatic carbocycles. The summed E-state index contributed by atoms with van der Waals surface area (Å²) in [6.07, 6.45) is 8.28. The number of aryl methyl sites for hydroxylation is 1. The lowest BCUT2D eigenvalue weighted by Gasteiger charge is -2.14. The van der Waals surface area contributed by atoms with Crippen molar-refractivity contribution in [2.24, 2.45) is 0 Å². The van der Waals surface area contributed by atoms with Gasteiger partial charge in [0.25, 0.3) is 0 Å². The van der Waals surface area contributed by atoms with Gasteiger partial charge in [0.05, 0.1) is 0 Å². The van der Waals surface area contributed by atoms with Crippen LogP contribution in [0.4, 0.5) is 0 Å². The van der Waals surface area contributed by atoms with Gasteiger partial charge < -0.3 is 0 Å². The maximum atomic E-state index is 5.31. The van der Waals surface area contributed by atoms with Crippen LogP contribution in [0.15, 0.2) is 22.7 Å². The molecule has 1 aromatic carbocycles. The summed E-state index contributed by atoms with van der Waals surface area (Å²) in [4.78, 5) is 0. The van der Waals surface area contributed by atoms with Crippen LogP contribution < -0.4 is 0 Å². The minimum Gasteiger partial charge on any atom is -0.120 e. The van der Waals surface area contributed by atoms with Crippen LogP contribution in [0.2, 0.25) is 0 Å². The molecule has 0 amide bonds. The minimum absolute atomic E-state index is 0.617. The highest BCUT2D eigenvalue weighted by molar-refractivity contribution is 9.10. The SMILES string of the molecule is C#CCCc1cc(Br)ccc1C(C)CC. The molecule has 0 aromatic heterocycles. The summed E-state index contributed by atoms with van der Waals surface area (Å²) in [5, 5.41) is 0. The van der Waals surface area contributed by atoms with Crippen LogP contribution in [0.5, 0.6) is 0 Å². The molecule has 0 heterocycles. The minimum atomic E-state index is 0.617. The molecule has 0 radical (unpaired) electrons. The van der Waals surface area contributed by atoms with E-state index >= 15 is 0 Å². The first kappa shape index (κ1) is 12.3. The van der Waals surface area contributed by atoms with Crippen molar-refractivity contribution in [3.8, 4) is 12.3 Å². The molecule has 1 atom stereocenters. The first-order valence-electron chi connectivity index (χ1n) is 5.40. The standard InChI is InChI=1S/C14H17Br/c1-4-6-7-12-10-13(15)8-9-14(12)11(3)5-2/h1,8-11H,5-7H2,2-3H3. The summed E-state index contributed by atoms with van der Waals surface area (Å²) in [6.45, 7) is 4.49. The van der Waals surface area contributed by atoms with Crippen LogP contribution >= 0.6 is 15.9 Å². The molecule has 0 saturated carbocycles. The van der Waals surface area contributed by atoms with Crippen LogP contribution in [-0.4, -0.2) is 0 Å². The van der Waals surface area contributed by atoms with E-state index in [1.54, 1.807) is 0 Å². The third-order valence-corrected chi connectivity index (χ3v) is 3.28. The van der Waals surface area contributed by atoms with Crippen molar-refractivity contribution >= 4 is 15.9 Å². The monoisotopic (exact) mass is 264 g/mol. The second kappa shape index (κ2) is 5.98. The highest BCUT2D eigenvalue weighted by Gasteiger charge is 2.08. The number of hydrogen-bond donors (Lipinski definition) is 0. The molecule has 0 N–H and O–H groups in total. The second-order valence-electron chi connectivity index (χ2n) is 3.86. The molecule has 0 fully saturated rings. The maximum Gasteiger partial charge on any atom is 0.0178 e. The third kappa shape index (κ3) is 3.39. The quantitative estimate of drug-likeness (QED) is 0.702. The summed E-state index contributed by atoms with van der Waals surface area (Å²) < 4.78 is 1.14. The van der Waals surface area contributed by atoms with Gasteiger partial charge in [0.15, 0.2) is 0 Å². The molecule has 0 spiro atoms. The lowest BCUT2D eigenvalue weighted by molar-refractivity contribution is 0.721. The second-order valence-corrected chi connectivity index (χ2v) is 4.77. The van der Waals surface area contributed by atoms with Gasteiger partial charge in [0.2, 0.25) is 0 Å². The summed E-state index contributed by atoms with van der Waals surface area (Å²) >= 11 is 3.51. The van der Waals surface area contributed by atoms with E-state index in [0.29, 0.717) is 5.92 Å². The van der Waals surface area contributed by atoms with Crippen molar-refractivity contribution < 1.29 is 0 Å². The molecule has 15 heavy (non-hydrogen) atoms. The number of halogens is 1. The van der Waals surface area contributed by atoms with Crippen LogP contribution in [-0.2, 0) is 6.42 Å². The third-order valence-electron chi connectivity index (χ3n) is 2.79. The van der Waals surface area contributed by atoms with Crippen molar-refractivity contribution in [2.75, 3.05) is 0 Å². The van der Waals surface area contributed by atoms with E-state index in [-0.39, 0.29) is 0 Å². The summed E-state index contributed by atoms with van der Waals surface area (Å²) in [7, 11) is 0. The molecule has 1 heteroatoms. The fraction of sp³-hybridized carbons (Fsp3) is 0.429. The Labute approximate surface area is 101 Å². The van der Waals surface area contributed by atoms with E-state index in [1.807, 2.05) is 0 Å². The molecule has 0 aliphatic rings. The Morgan fingerprint density at radius 3 is 2.80 bits per heavy atom. The Hall–Kier alpha value is -0.740. The van der Waals surface area contributed by atoms with Crippen molar-refractivity contribution in [1.29, 1.82) is 0 Å². The van der Waals surface area contributed by atoms with Crippen molar-refractivity contribution in [3.63, 3.8) is 0 Å². The van der Waals surface area contributed by atoms with Gasteiger partial charge in [0, 0.05) is 10.9 Å². The number of rotatable bonds is 4. The predicted molar refractivity (Wildman–Crippen MR) is 70.0 cm³/mol. The Kier molecular flexibility index (Phi) is 4.91. The van der Waals surface area contributed by atoms with Gasteiger partial charge in [0.1, 0.15) is 0 Å². The van der Waals surface area contributed by atoms with Crippen LogP contribution in [0, 0.1) is 12.3 Å². The Bertz CT molecular complexity index is 360. The molecule has 1 aromatic rings. The molecule has 1 rings (SSSR count). The van der Waals surface area contributed by atoms with Crippen LogP contribution in [0.1, 0.15) is 43.7 Å². The van der Waals surface area contributed by atoms with Gasteiger partial charge in [-0.25, -0.2) is 0 Å². The molecule has 80 valence electrons. The van der Waals surface area contributed by atoms with Gasteiger partial charge in [-0.15, -0.1) is 12.3 Å². The summed E-state index contributed by atoms with van der Waals surface area (Å²) in [5.41, 5.74) is 2.83. The van der Waals surface area contributed by atoms with Gasteiger partial charge in [-0.1, -0.05) is 35.8 Å². The lowest BCUT2D eigenvalue weighted by Crippen LogP contribution is -1.98. The molecule has 1 unspecified atom stereocenters.